The highest BCUT2D eigenvalue weighted by Gasteiger charge is 2.09. The molecule has 0 spiro atoms. The molecule has 0 saturated heterocycles. The third-order valence-corrected chi connectivity index (χ3v) is 3.27. The molecule has 2 rings (SSSR count). The summed E-state index contributed by atoms with van der Waals surface area (Å²) in [5.41, 5.74) is 0.0550. The fraction of sp³-hybridized carbons (Fsp3) is 0.143. The molecule has 0 bridgehead atoms. The van der Waals surface area contributed by atoms with Gasteiger partial charge in [-0.3, -0.25) is 9.59 Å². The van der Waals surface area contributed by atoms with Crippen LogP contribution in [0, 0.1) is 0 Å². The van der Waals surface area contributed by atoms with E-state index in [4.69, 9.17) is 27.9 Å². The van der Waals surface area contributed by atoms with Crippen molar-refractivity contribution in [3.8, 4) is 5.75 Å². The highest BCUT2D eigenvalue weighted by molar-refractivity contribution is 6.36. The predicted molar refractivity (Wildman–Crippen MR) is 82.3 cm³/mol. The quantitative estimate of drug-likeness (QED) is 0.939. The number of carbonyl (C=O) groups is 1. The van der Waals surface area contributed by atoms with Crippen molar-refractivity contribution in [3.05, 3.63) is 56.9 Å². The Balaban J connectivity index is 2.14. The van der Waals surface area contributed by atoms with Gasteiger partial charge < -0.3 is 14.6 Å². The van der Waals surface area contributed by atoms with E-state index in [1.807, 2.05) is 0 Å². The number of rotatable bonds is 4. The summed E-state index contributed by atoms with van der Waals surface area (Å²) < 4.78 is 6.16. The van der Waals surface area contributed by atoms with Gasteiger partial charge in [0.15, 0.2) is 5.75 Å². The fourth-order valence-electron chi connectivity index (χ4n) is 1.73. The Hall–Kier alpha value is -1.98. The molecule has 5 nitrogen and oxygen atoms in total. The first kappa shape index (κ1) is 15.4. The fourth-order valence-corrected chi connectivity index (χ4v) is 2.19. The molecule has 1 heterocycles. The summed E-state index contributed by atoms with van der Waals surface area (Å²) in [5, 5.41) is 3.42. The van der Waals surface area contributed by atoms with Crippen molar-refractivity contribution in [2.45, 2.75) is 6.54 Å². The summed E-state index contributed by atoms with van der Waals surface area (Å²) in [5.74, 6) is -0.204. The monoisotopic (exact) mass is 326 g/mol. The minimum atomic E-state index is -0.380. The number of halogens is 2. The van der Waals surface area contributed by atoms with Crippen molar-refractivity contribution in [3.63, 3.8) is 0 Å². The second-order valence-electron chi connectivity index (χ2n) is 4.18. The number of hydrogen-bond donors (Lipinski definition) is 1. The van der Waals surface area contributed by atoms with Crippen LogP contribution >= 0.6 is 23.2 Å². The van der Waals surface area contributed by atoms with Gasteiger partial charge in [-0.1, -0.05) is 23.2 Å². The van der Waals surface area contributed by atoms with Gasteiger partial charge >= 0.3 is 0 Å². The van der Waals surface area contributed by atoms with Crippen LogP contribution in [0.1, 0.15) is 0 Å². The number of anilines is 1. The Bertz CT molecular complexity index is 728. The minimum absolute atomic E-state index is 0.144. The number of amides is 1. The molecule has 0 fully saturated rings. The lowest BCUT2D eigenvalue weighted by atomic mass is 10.3. The lowest BCUT2D eigenvalue weighted by molar-refractivity contribution is -0.116. The molecule has 0 aliphatic rings. The number of hydrogen-bond acceptors (Lipinski definition) is 3. The second kappa shape index (κ2) is 6.65. The van der Waals surface area contributed by atoms with Crippen molar-refractivity contribution in [2.75, 3.05) is 12.4 Å². The summed E-state index contributed by atoms with van der Waals surface area (Å²) >= 11 is 11.7. The van der Waals surface area contributed by atoms with Gasteiger partial charge in [-0.15, -0.1) is 0 Å². The van der Waals surface area contributed by atoms with E-state index in [-0.39, 0.29) is 23.8 Å². The maximum Gasteiger partial charge on any atom is 0.293 e. The topological polar surface area (TPSA) is 60.3 Å². The molecular formula is C14H12Cl2N2O3. The minimum Gasteiger partial charge on any atom is -0.491 e. The molecule has 1 N–H and O–H groups in total. The smallest absolute Gasteiger partial charge is 0.293 e. The molecule has 2 aromatic rings. The predicted octanol–water partition coefficient (Wildman–Crippen LogP) is 2.80. The lowest BCUT2D eigenvalue weighted by Gasteiger charge is -2.09. The third kappa shape index (κ3) is 3.77. The Morgan fingerprint density at radius 1 is 1.33 bits per heavy atom. The van der Waals surface area contributed by atoms with Crippen LogP contribution in [0.25, 0.3) is 0 Å². The Kier molecular flexibility index (Phi) is 4.88. The van der Waals surface area contributed by atoms with Gasteiger partial charge in [-0.25, -0.2) is 0 Å². The molecule has 7 heteroatoms. The zero-order chi connectivity index (χ0) is 15.4. The largest absolute Gasteiger partial charge is 0.491 e. The summed E-state index contributed by atoms with van der Waals surface area (Å²) in [6, 6.07) is 7.89. The normalized spacial score (nSPS) is 10.2. The number of ether oxygens (including phenoxy) is 1. The SMILES string of the molecule is COc1cccn(CC(=O)Nc2ccc(Cl)cc2Cl)c1=O. The van der Waals surface area contributed by atoms with E-state index in [0.717, 1.165) is 0 Å². The average Bonchev–Trinajstić information content (AvgIpc) is 2.44. The summed E-state index contributed by atoms with van der Waals surface area (Å²) in [6.45, 7) is -0.144. The van der Waals surface area contributed by atoms with Crippen molar-refractivity contribution in [1.82, 2.24) is 4.57 Å². The van der Waals surface area contributed by atoms with Crippen LogP contribution in [-0.2, 0) is 11.3 Å². The first-order valence-electron chi connectivity index (χ1n) is 5.99. The third-order valence-electron chi connectivity index (χ3n) is 2.72. The van der Waals surface area contributed by atoms with E-state index >= 15 is 0 Å². The summed E-state index contributed by atoms with van der Waals surface area (Å²) in [7, 11) is 1.40. The maximum absolute atomic E-state index is 12.0. The molecule has 1 amide bonds. The second-order valence-corrected chi connectivity index (χ2v) is 5.03. The Morgan fingerprint density at radius 2 is 2.10 bits per heavy atom. The van der Waals surface area contributed by atoms with Crippen molar-refractivity contribution in [1.29, 1.82) is 0 Å². The van der Waals surface area contributed by atoms with Crippen LogP contribution in [0.5, 0.6) is 5.75 Å². The first-order valence-corrected chi connectivity index (χ1v) is 6.75. The number of benzene rings is 1. The molecule has 0 aliphatic heterocycles. The molecule has 0 unspecified atom stereocenters. The summed E-state index contributed by atoms with van der Waals surface area (Å²) in [6.07, 6.45) is 1.51. The zero-order valence-corrected chi connectivity index (χ0v) is 12.6. The molecule has 0 atom stereocenters. The van der Waals surface area contributed by atoms with Gasteiger partial charge in [0.1, 0.15) is 6.54 Å². The van der Waals surface area contributed by atoms with Gasteiger partial charge in [0.2, 0.25) is 5.91 Å². The van der Waals surface area contributed by atoms with Crippen LogP contribution in [-0.4, -0.2) is 17.6 Å². The molecule has 0 saturated carbocycles. The maximum atomic E-state index is 12.0. The number of pyridine rings is 1. The van der Waals surface area contributed by atoms with Crippen LogP contribution < -0.4 is 15.6 Å². The standard InChI is InChI=1S/C14H12Cl2N2O3/c1-21-12-3-2-6-18(14(12)20)8-13(19)17-11-5-4-9(15)7-10(11)16/h2-7H,8H2,1H3,(H,17,19). The van der Waals surface area contributed by atoms with E-state index in [0.29, 0.717) is 15.7 Å². The van der Waals surface area contributed by atoms with Crippen LogP contribution in [0.3, 0.4) is 0 Å². The molecule has 1 aromatic carbocycles. The number of methoxy groups -OCH3 is 1. The summed E-state index contributed by atoms with van der Waals surface area (Å²) in [4.78, 5) is 23.9. The van der Waals surface area contributed by atoms with E-state index < -0.39 is 0 Å². The molecule has 0 aliphatic carbocycles. The molecule has 1 aromatic heterocycles. The molecule has 0 radical (unpaired) electrons. The van der Waals surface area contributed by atoms with Crippen LogP contribution in [0.2, 0.25) is 10.0 Å². The van der Waals surface area contributed by atoms with E-state index in [1.165, 1.54) is 30.0 Å². The number of aromatic nitrogens is 1. The molecule has 21 heavy (non-hydrogen) atoms. The number of carbonyl (C=O) groups excluding carboxylic acids is 1. The number of nitrogens with zero attached hydrogens (tertiary/aromatic N) is 1. The Morgan fingerprint density at radius 3 is 2.76 bits per heavy atom. The van der Waals surface area contributed by atoms with E-state index in [2.05, 4.69) is 5.32 Å². The van der Waals surface area contributed by atoms with Crippen LogP contribution in [0.15, 0.2) is 41.3 Å². The van der Waals surface area contributed by atoms with Crippen molar-refractivity contribution < 1.29 is 9.53 Å². The lowest BCUT2D eigenvalue weighted by Crippen LogP contribution is -2.27. The van der Waals surface area contributed by atoms with Crippen LogP contribution in [0.4, 0.5) is 5.69 Å². The van der Waals surface area contributed by atoms with Gasteiger partial charge in [0, 0.05) is 11.2 Å². The highest BCUT2D eigenvalue weighted by Crippen LogP contribution is 2.25. The van der Waals surface area contributed by atoms with Gasteiger partial charge in [0.25, 0.3) is 5.56 Å². The van der Waals surface area contributed by atoms with E-state index in [9.17, 15) is 9.59 Å². The zero-order valence-electron chi connectivity index (χ0n) is 11.1. The number of nitrogens with one attached hydrogen (secondary N) is 1. The van der Waals surface area contributed by atoms with Crippen molar-refractivity contribution in [2.24, 2.45) is 0 Å². The molecule has 110 valence electrons. The van der Waals surface area contributed by atoms with Crippen molar-refractivity contribution >= 4 is 34.8 Å². The first-order chi connectivity index (χ1) is 10.0. The van der Waals surface area contributed by atoms with Gasteiger partial charge in [-0.05, 0) is 30.3 Å². The van der Waals surface area contributed by atoms with Gasteiger partial charge in [0.05, 0.1) is 17.8 Å². The Labute approximate surface area is 131 Å². The molecular weight excluding hydrogens is 315 g/mol. The highest BCUT2D eigenvalue weighted by atomic mass is 35.5. The van der Waals surface area contributed by atoms with E-state index in [1.54, 1.807) is 18.2 Å². The van der Waals surface area contributed by atoms with Gasteiger partial charge in [-0.2, -0.15) is 0 Å². The average molecular weight is 327 g/mol.